The molecule has 0 bridgehead atoms. The summed E-state index contributed by atoms with van der Waals surface area (Å²) in [5.41, 5.74) is 0. The molecule has 0 radical (unpaired) electrons. The fourth-order valence-corrected chi connectivity index (χ4v) is 0.227. The van der Waals surface area contributed by atoms with Gasteiger partial charge in [0.1, 0.15) is 5.84 Å². The van der Waals surface area contributed by atoms with E-state index in [4.69, 9.17) is 0 Å². The van der Waals surface area contributed by atoms with Gasteiger partial charge in [-0.05, 0) is 12.8 Å². The molecule has 7 heavy (non-hydrogen) atoms. The number of hydrogen-bond acceptors (Lipinski definition) is 1. The van der Waals surface area contributed by atoms with Crippen molar-refractivity contribution in [1.29, 1.82) is 0 Å². The average Bonchev–Trinajstić information content (AvgIpc) is 1.72. The second-order valence-electron chi connectivity index (χ2n) is 0.944. The Hall–Kier alpha value is -0.920. The number of aliphatic imine (C=N–C) groups is 2. The van der Waals surface area contributed by atoms with E-state index in [2.05, 4.69) is 23.3 Å². The fourth-order valence-electron chi connectivity index (χ4n) is 0.227. The normalized spacial score (nSPS) is 10.7. The summed E-state index contributed by atoms with van der Waals surface area (Å²) in [4.78, 5) is 7.20. The molecule has 0 aromatic rings. The lowest BCUT2D eigenvalue weighted by Crippen LogP contribution is -1.82. The highest BCUT2D eigenvalue weighted by Crippen LogP contribution is 1.75. The van der Waals surface area contributed by atoms with Crippen molar-refractivity contribution >= 4 is 12.6 Å². The minimum Gasteiger partial charge on any atom is -0.270 e. The molecule has 2 nitrogen and oxygen atoms in total. The van der Waals surface area contributed by atoms with Crippen molar-refractivity contribution in [2.45, 2.75) is 0 Å². The molecule has 0 aliphatic rings. The maximum Gasteiger partial charge on any atom is 0.145 e. The first-order chi connectivity index (χ1) is 3.35. The number of hydrogen-bond donors (Lipinski definition) is 0. The third-order valence-corrected chi connectivity index (χ3v) is 0.574. The molecular formula is C5H8N2. The first-order valence-electron chi connectivity index (χ1n) is 1.91. The largest absolute Gasteiger partial charge is 0.270 e. The van der Waals surface area contributed by atoms with Crippen LogP contribution in [0.4, 0.5) is 0 Å². The van der Waals surface area contributed by atoms with Crippen LogP contribution in [0.3, 0.4) is 0 Å². The van der Waals surface area contributed by atoms with Gasteiger partial charge in [0.2, 0.25) is 0 Å². The zero-order valence-corrected chi connectivity index (χ0v) is 4.39. The van der Waals surface area contributed by atoms with Gasteiger partial charge in [-0.25, -0.2) is 4.99 Å². The minimum absolute atomic E-state index is 0.583. The summed E-state index contributed by atoms with van der Waals surface area (Å²) in [5, 5.41) is 0. The molecule has 0 atom stereocenters. The number of nitrogens with zero attached hydrogens (tertiary/aromatic N) is 2. The minimum atomic E-state index is 0.583. The van der Waals surface area contributed by atoms with Gasteiger partial charge in [-0.15, -0.1) is 0 Å². The van der Waals surface area contributed by atoms with Crippen LogP contribution in [0.25, 0.3) is 0 Å². The second-order valence-corrected chi connectivity index (χ2v) is 0.944. The Labute approximate surface area is 43.3 Å². The highest BCUT2D eigenvalue weighted by Gasteiger charge is 1.75. The SMILES string of the molecule is C=CC(N=C)=NC. The molecule has 0 aliphatic carbocycles. The first kappa shape index (κ1) is 6.08. The smallest absolute Gasteiger partial charge is 0.145 e. The molecule has 0 spiro atoms. The predicted octanol–water partition coefficient (Wildman–Crippen LogP) is 0.901. The molecule has 0 aromatic heterocycles. The van der Waals surface area contributed by atoms with Crippen molar-refractivity contribution in [1.82, 2.24) is 0 Å². The van der Waals surface area contributed by atoms with Crippen LogP contribution in [0.2, 0.25) is 0 Å². The Morgan fingerprint density at radius 2 is 2.29 bits per heavy atom. The van der Waals surface area contributed by atoms with Crippen LogP contribution in [0.5, 0.6) is 0 Å². The highest BCUT2D eigenvalue weighted by atomic mass is 14.9. The lowest BCUT2D eigenvalue weighted by molar-refractivity contribution is 1.42. The molecule has 0 heterocycles. The van der Waals surface area contributed by atoms with Crippen molar-refractivity contribution in [3.63, 3.8) is 0 Å². The molecule has 0 aliphatic heterocycles. The molecule has 0 N–H and O–H groups in total. The van der Waals surface area contributed by atoms with Crippen molar-refractivity contribution in [2.24, 2.45) is 9.98 Å². The van der Waals surface area contributed by atoms with Gasteiger partial charge in [0.15, 0.2) is 0 Å². The Morgan fingerprint density at radius 3 is 2.29 bits per heavy atom. The van der Waals surface area contributed by atoms with E-state index in [1.165, 1.54) is 0 Å². The van der Waals surface area contributed by atoms with E-state index in [-0.39, 0.29) is 0 Å². The summed E-state index contributed by atoms with van der Waals surface area (Å²) < 4.78 is 0. The van der Waals surface area contributed by atoms with Gasteiger partial charge in [-0.2, -0.15) is 0 Å². The summed E-state index contributed by atoms with van der Waals surface area (Å²) in [6.07, 6.45) is 1.55. The van der Waals surface area contributed by atoms with E-state index in [1.54, 1.807) is 13.1 Å². The standard InChI is InChI=1S/C5H8N2/c1-4-5(6-2)7-3/h4H,1-2H2,3H3. The Bertz CT molecular complexity index is 92.6. The highest BCUT2D eigenvalue weighted by molar-refractivity contribution is 5.95. The molecule has 38 valence electrons. The van der Waals surface area contributed by atoms with Crippen LogP contribution in [-0.2, 0) is 0 Å². The second kappa shape index (κ2) is 3.28. The van der Waals surface area contributed by atoms with Gasteiger partial charge in [0.05, 0.1) is 0 Å². The van der Waals surface area contributed by atoms with Crippen molar-refractivity contribution in [3.8, 4) is 0 Å². The van der Waals surface area contributed by atoms with E-state index in [9.17, 15) is 0 Å². The quantitative estimate of drug-likeness (QED) is 0.342. The van der Waals surface area contributed by atoms with Gasteiger partial charge in [0, 0.05) is 7.05 Å². The number of rotatable bonds is 1. The Balaban J connectivity index is 3.85. The van der Waals surface area contributed by atoms with E-state index < -0.39 is 0 Å². The zero-order chi connectivity index (χ0) is 5.70. The van der Waals surface area contributed by atoms with Crippen molar-refractivity contribution in [3.05, 3.63) is 12.7 Å². The molecule has 2 heteroatoms. The van der Waals surface area contributed by atoms with Crippen LogP contribution >= 0.6 is 0 Å². The maximum absolute atomic E-state index is 3.69. The summed E-state index contributed by atoms with van der Waals surface area (Å²) >= 11 is 0. The van der Waals surface area contributed by atoms with E-state index >= 15 is 0 Å². The third-order valence-electron chi connectivity index (χ3n) is 0.574. The maximum atomic E-state index is 3.69. The van der Waals surface area contributed by atoms with Crippen LogP contribution in [0.1, 0.15) is 0 Å². The van der Waals surface area contributed by atoms with E-state index in [0.29, 0.717) is 5.84 Å². The Morgan fingerprint density at radius 1 is 1.71 bits per heavy atom. The van der Waals surface area contributed by atoms with Crippen molar-refractivity contribution in [2.75, 3.05) is 7.05 Å². The van der Waals surface area contributed by atoms with Crippen molar-refractivity contribution < 1.29 is 0 Å². The first-order valence-corrected chi connectivity index (χ1v) is 1.91. The van der Waals surface area contributed by atoms with Crippen LogP contribution in [0, 0.1) is 0 Å². The molecule has 0 saturated carbocycles. The molecular weight excluding hydrogens is 88.1 g/mol. The number of amidine groups is 1. The average molecular weight is 96.1 g/mol. The van der Waals surface area contributed by atoms with Gasteiger partial charge >= 0.3 is 0 Å². The molecule has 0 rings (SSSR count). The fraction of sp³-hybridized carbons (Fsp3) is 0.200. The van der Waals surface area contributed by atoms with Gasteiger partial charge < -0.3 is 0 Å². The monoisotopic (exact) mass is 96.1 g/mol. The van der Waals surface area contributed by atoms with Gasteiger partial charge in [0.25, 0.3) is 0 Å². The topological polar surface area (TPSA) is 24.7 Å². The zero-order valence-electron chi connectivity index (χ0n) is 4.39. The van der Waals surface area contributed by atoms with Crippen LogP contribution in [-0.4, -0.2) is 19.6 Å². The van der Waals surface area contributed by atoms with E-state index in [1.807, 2.05) is 0 Å². The summed E-state index contributed by atoms with van der Waals surface area (Å²) in [6, 6.07) is 0. The summed E-state index contributed by atoms with van der Waals surface area (Å²) in [7, 11) is 1.64. The van der Waals surface area contributed by atoms with Crippen LogP contribution in [0.15, 0.2) is 22.6 Å². The predicted molar refractivity (Wildman–Crippen MR) is 33.1 cm³/mol. The molecule has 0 amide bonds. The Kier molecular flexibility index (Phi) is 2.85. The summed E-state index contributed by atoms with van der Waals surface area (Å²) in [6.45, 7) is 6.69. The van der Waals surface area contributed by atoms with Gasteiger partial charge in [-0.3, -0.25) is 4.99 Å². The van der Waals surface area contributed by atoms with E-state index in [0.717, 1.165) is 0 Å². The summed E-state index contributed by atoms with van der Waals surface area (Å²) in [5.74, 6) is 0.583. The molecule has 0 fully saturated rings. The third kappa shape index (κ3) is 1.87. The van der Waals surface area contributed by atoms with Crippen LogP contribution < -0.4 is 0 Å². The molecule has 0 unspecified atom stereocenters. The molecule has 0 aromatic carbocycles. The molecule has 0 saturated heterocycles. The lowest BCUT2D eigenvalue weighted by atomic mass is 10.6. The van der Waals surface area contributed by atoms with Gasteiger partial charge in [-0.1, -0.05) is 6.58 Å². The lowest BCUT2D eigenvalue weighted by Gasteiger charge is -1.81.